The van der Waals surface area contributed by atoms with Gasteiger partial charge in [0.05, 0.1) is 4.47 Å². The average Bonchev–Trinajstić information content (AvgIpc) is 2.48. The molecule has 0 aliphatic heterocycles. The van der Waals surface area contributed by atoms with E-state index in [9.17, 15) is 4.39 Å². The number of nitrogens with one attached hydrogen (secondary N) is 1. The Morgan fingerprint density at radius 1 is 1.15 bits per heavy atom. The van der Waals surface area contributed by atoms with Crippen molar-refractivity contribution in [2.75, 3.05) is 6.54 Å². The molecule has 4 heteroatoms. The minimum Gasteiger partial charge on any atom is -0.313 e. The summed E-state index contributed by atoms with van der Waals surface area (Å²) in [5, 5.41) is 3.30. The molecule has 106 valence electrons. The third-order valence-electron chi connectivity index (χ3n) is 2.93. The maximum absolute atomic E-state index is 13.4. The Morgan fingerprint density at radius 2 is 1.90 bits per heavy atom. The summed E-state index contributed by atoms with van der Waals surface area (Å²) in [5.74, 6) is 0.550. The van der Waals surface area contributed by atoms with Crippen LogP contribution in [0.3, 0.4) is 0 Å². The van der Waals surface area contributed by atoms with E-state index in [2.05, 4.69) is 52.4 Å². The molecule has 0 saturated carbocycles. The van der Waals surface area contributed by atoms with Crippen LogP contribution in [0.5, 0.6) is 0 Å². The highest BCUT2D eigenvalue weighted by Crippen LogP contribution is 2.28. The summed E-state index contributed by atoms with van der Waals surface area (Å²) in [4.78, 5) is 1.20. The second kappa shape index (κ2) is 7.81. The van der Waals surface area contributed by atoms with Gasteiger partial charge >= 0.3 is 0 Å². The van der Waals surface area contributed by atoms with Crippen LogP contribution < -0.4 is 5.32 Å². The fraction of sp³-hybridized carbons (Fsp3) is 0.250. The monoisotopic (exact) mass is 353 g/mol. The summed E-state index contributed by atoms with van der Waals surface area (Å²) in [7, 11) is 0. The minimum atomic E-state index is -0.205. The molecule has 0 aliphatic carbocycles. The van der Waals surface area contributed by atoms with Crippen LogP contribution in [-0.4, -0.2) is 6.54 Å². The molecule has 1 nitrogen and oxygen atoms in total. The normalized spacial score (nSPS) is 10.8. The van der Waals surface area contributed by atoms with Crippen molar-refractivity contribution >= 4 is 27.7 Å². The first-order chi connectivity index (χ1) is 9.70. The van der Waals surface area contributed by atoms with Gasteiger partial charge in [0.25, 0.3) is 0 Å². The molecule has 20 heavy (non-hydrogen) atoms. The van der Waals surface area contributed by atoms with Crippen LogP contribution in [-0.2, 0) is 12.3 Å². The number of hydrogen-bond acceptors (Lipinski definition) is 2. The first kappa shape index (κ1) is 15.5. The smallest absolute Gasteiger partial charge is 0.137 e. The Labute approximate surface area is 132 Å². The molecule has 1 N–H and O–H groups in total. The Hall–Kier alpha value is -0.840. The summed E-state index contributed by atoms with van der Waals surface area (Å²) in [5.41, 5.74) is 2.26. The van der Waals surface area contributed by atoms with E-state index in [4.69, 9.17) is 0 Å². The molecule has 0 amide bonds. The molecular weight excluding hydrogens is 337 g/mol. The van der Waals surface area contributed by atoms with E-state index in [1.54, 1.807) is 17.8 Å². The van der Waals surface area contributed by atoms with Gasteiger partial charge in [0.1, 0.15) is 5.82 Å². The van der Waals surface area contributed by atoms with Gasteiger partial charge in [0.2, 0.25) is 0 Å². The first-order valence-electron chi connectivity index (χ1n) is 6.56. The number of thioether (sulfide) groups is 1. The van der Waals surface area contributed by atoms with Gasteiger partial charge in [-0.25, -0.2) is 4.39 Å². The fourth-order valence-corrected chi connectivity index (χ4v) is 3.28. The molecule has 2 rings (SSSR count). The summed E-state index contributed by atoms with van der Waals surface area (Å²) >= 11 is 5.01. The molecule has 2 aromatic carbocycles. The largest absolute Gasteiger partial charge is 0.313 e. The van der Waals surface area contributed by atoms with Crippen molar-refractivity contribution in [2.45, 2.75) is 24.1 Å². The molecule has 0 radical (unpaired) electrons. The van der Waals surface area contributed by atoms with Gasteiger partial charge in [0.15, 0.2) is 0 Å². The van der Waals surface area contributed by atoms with Crippen molar-refractivity contribution in [3.8, 4) is 0 Å². The molecule has 0 heterocycles. The zero-order valence-corrected chi connectivity index (χ0v) is 13.7. The van der Waals surface area contributed by atoms with Crippen LogP contribution in [0.15, 0.2) is 51.8 Å². The topological polar surface area (TPSA) is 12.0 Å². The predicted octanol–water partition coefficient (Wildman–Crippen LogP) is 4.99. The van der Waals surface area contributed by atoms with Gasteiger partial charge < -0.3 is 5.32 Å². The number of halogens is 2. The van der Waals surface area contributed by atoms with E-state index >= 15 is 0 Å². The molecule has 0 bridgehead atoms. The molecule has 0 aromatic heterocycles. The zero-order chi connectivity index (χ0) is 14.4. The van der Waals surface area contributed by atoms with Gasteiger partial charge in [0, 0.05) is 17.2 Å². The lowest BCUT2D eigenvalue weighted by molar-refractivity contribution is 0.619. The van der Waals surface area contributed by atoms with E-state index in [0.29, 0.717) is 4.47 Å². The van der Waals surface area contributed by atoms with E-state index in [1.165, 1.54) is 16.5 Å². The van der Waals surface area contributed by atoms with Gasteiger partial charge in [-0.05, 0) is 51.8 Å². The van der Waals surface area contributed by atoms with Crippen molar-refractivity contribution in [3.05, 3.63) is 63.9 Å². The molecule has 0 fully saturated rings. The first-order valence-corrected chi connectivity index (χ1v) is 8.34. The van der Waals surface area contributed by atoms with Crippen molar-refractivity contribution in [1.82, 2.24) is 5.32 Å². The minimum absolute atomic E-state index is 0.205. The SMILES string of the molecule is CCNCc1ccc(SCc2cccc(F)c2Br)cc1. The third kappa shape index (κ3) is 4.33. The maximum Gasteiger partial charge on any atom is 0.137 e. The molecule has 0 saturated heterocycles. The number of hydrogen-bond donors (Lipinski definition) is 1. The third-order valence-corrected chi connectivity index (χ3v) is 4.88. The number of benzene rings is 2. The molecule has 0 atom stereocenters. The van der Waals surface area contributed by atoms with E-state index in [1.807, 2.05) is 6.07 Å². The van der Waals surface area contributed by atoms with Crippen LogP contribution in [0.2, 0.25) is 0 Å². The van der Waals surface area contributed by atoms with Crippen LogP contribution in [0.25, 0.3) is 0 Å². The molecule has 0 unspecified atom stereocenters. The lowest BCUT2D eigenvalue weighted by Crippen LogP contribution is -2.11. The van der Waals surface area contributed by atoms with Gasteiger partial charge in [-0.1, -0.05) is 31.2 Å². The lowest BCUT2D eigenvalue weighted by atomic mass is 10.2. The second-order valence-corrected chi connectivity index (χ2v) is 6.27. The highest BCUT2D eigenvalue weighted by Gasteiger charge is 2.05. The van der Waals surface area contributed by atoms with Crippen LogP contribution in [0, 0.1) is 5.82 Å². The molecule has 0 aliphatic rings. The van der Waals surface area contributed by atoms with Crippen molar-refractivity contribution in [3.63, 3.8) is 0 Å². The standard InChI is InChI=1S/C16H17BrFNS/c1-2-19-10-12-6-8-14(9-7-12)20-11-13-4-3-5-15(18)16(13)17/h3-9,19H,2,10-11H2,1H3. The molecule has 2 aromatic rings. The van der Waals surface area contributed by atoms with Crippen LogP contribution in [0.4, 0.5) is 4.39 Å². The zero-order valence-electron chi connectivity index (χ0n) is 11.3. The molecule has 0 spiro atoms. The fourth-order valence-electron chi connectivity index (χ4n) is 1.79. The highest BCUT2D eigenvalue weighted by atomic mass is 79.9. The van der Waals surface area contributed by atoms with Crippen molar-refractivity contribution < 1.29 is 4.39 Å². The predicted molar refractivity (Wildman–Crippen MR) is 87.5 cm³/mol. The summed E-state index contributed by atoms with van der Waals surface area (Å²) < 4.78 is 14.0. The summed E-state index contributed by atoms with van der Waals surface area (Å²) in [6, 6.07) is 13.6. The Kier molecular flexibility index (Phi) is 6.07. The maximum atomic E-state index is 13.4. The van der Waals surface area contributed by atoms with Crippen LogP contribution >= 0.6 is 27.7 Å². The van der Waals surface area contributed by atoms with Gasteiger partial charge in [-0.15, -0.1) is 11.8 Å². The lowest BCUT2D eigenvalue weighted by Gasteiger charge is -2.07. The van der Waals surface area contributed by atoms with E-state index in [-0.39, 0.29) is 5.82 Å². The molecular formula is C16H17BrFNS. The Morgan fingerprint density at radius 3 is 2.60 bits per heavy atom. The van der Waals surface area contributed by atoms with Crippen molar-refractivity contribution in [2.24, 2.45) is 0 Å². The van der Waals surface area contributed by atoms with Crippen LogP contribution in [0.1, 0.15) is 18.1 Å². The Balaban J connectivity index is 1.95. The second-order valence-electron chi connectivity index (χ2n) is 4.43. The quantitative estimate of drug-likeness (QED) is 0.734. The number of rotatable bonds is 6. The summed E-state index contributed by atoms with van der Waals surface area (Å²) in [6.45, 7) is 3.97. The average molecular weight is 354 g/mol. The van der Waals surface area contributed by atoms with Crippen molar-refractivity contribution in [1.29, 1.82) is 0 Å². The van der Waals surface area contributed by atoms with Gasteiger partial charge in [-0.2, -0.15) is 0 Å². The highest BCUT2D eigenvalue weighted by molar-refractivity contribution is 9.10. The summed E-state index contributed by atoms with van der Waals surface area (Å²) in [6.07, 6.45) is 0. The Bertz CT molecular complexity index is 557. The van der Waals surface area contributed by atoms with E-state index < -0.39 is 0 Å². The van der Waals surface area contributed by atoms with Gasteiger partial charge in [-0.3, -0.25) is 0 Å². The van der Waals surface area contributed by atoms with E-state index in [0.717, 1.165) is 24.4 Å².